The van der Waals surface area contributed by atoms with E-state index in [1.807, 2.05) is 32.0 Å². The van der Waals surface area contributed by atoms with E-state index in [9.17, 15) is 5.11 Å². The molecule has 0 saturated carbocycles. The van der Waals surface area contributed by atoms with Gasteiger partial charge in [-0.25, -0.2) is 0 Å². The lowest BCUT2D eigenvalue weighted by Crippen LogP contribution is -2.36. The van der Waals surface area contributed by atoms with Crippen molar-refractivity contribution in [2.24, 2.45) is 0 Å². The molecule has 1 aliphatic heterocycles. The first-order valence-electron chi connectivity index (χ1n) is 6.73. The molecule has 1 saturated heterocycles. The normalized spacial score (nSPS) is 23.1. The van der Waals surface area contributed by atoms with E-state index >= 15 is 0 Å². The Morgan fingerprint density at radius 1 is 1.33 bits per heavy atom. The van der Waals surface area contributed by atoms with Gasteiger partial charge in [-0.3, -0.25) is 0 Å². The zero-order valence-corrected chi connectivity index (χ0v) is 11.6. The van der Waals surface area contributed by atoms with Crippen LogP contribution in [-0.4, -0.2) is 24.1 Å². The Kier molecular flexibility index (Phi) is 6.94. The minimum absolute atomic E-state index is 0.464. The van der Waals surface area contributed by atoms with Gasteiger partial charge in [0.1, 0.15) is 6.10 Å². The van der Waals surface area contributed by atoms with E-state index in [0.717, 1.165) is 18.4 Å². The molecule has 2 unspecified atom stereocenters. The van der Waals surface area contributed by atoms with Crippen molar-refractivity contribution in [3.63, 3.8) is 0 Å². The quantitative estimate of drug-likeness (QED) is 0.898. The van der Waals surface area contributed by atoms with E-state index in [1.54, 1.807) is 0 Å². The van der Waals surface area contributed by atoms with Gasteiger partial charge in [-0.05, 0) is 30.9 Å². The fraction of sp³-hybridized carbons (Fsp3) is 0.600. The number of benzene rings is 1. The van der Waals surface area contributed by atoms with Gasteiger partial charge in [0.25, 0.3) is 0 Å². The third kappa shape index (κ3) is 4.41. The summed E-state index contributed by atoms with van der Waals surface area (Å²) in [5.41, 5.74) is 2.34. The topological polar surface area (TPSA) is 38.7 Å². The predicted molar refractivity (Wildman–Crippen MR) is 72.3 cm³/mol. The lowest BCUT2D eigenvalue weighted by Gasteiger charge is -2.28. The molecule has 1 N–H and O–H groups in total. The first kappa shape index (κ1) is 15.2. The molecule has 1 aliphatic rings. The molecule has 102 valence electrons. The highest BCUT2D eigenvalue weighted by atomic mass is 16.7. The molecule has 0 aliphatic carbocycles. The Labute approximate surface area is 110 Å². The van der Waals surface area contributed by atoms with E-state index in [0.29, 0.717) is 13.2 Å². The molecule has 0 spiro atoms. The predicted octanol–water partition coefficient (Wildman–Crippen LogP) is 3.04. The fourth-order valence-corrected chi connectivity index (χ4v) is 1.84. The van der Waals surface area contributed by atoms with Crippen LogP contribution in [0.4, 0.5) is 0 Å². The molecule has 1 aromatic rings. The van der Waals surface area contributed by atoms with Crippen molar-refractivity contribution in [3.05, 3.63) is 35.4 Å². The second kappa shape index (κ2) is 8.25. The lowest BCUT2D eigenvalue weighted by atomic mass is 10.1. The highest BCUT2D eigenvalue weighted by Gasteiger charge is 2.24. The van der Waals surface area contributed by atoms with Crippen LogP contribution in [0.2, 0.25) is 0 Å². The summed E-state index contributed by atoms with van der Waals surface area (Å²) in [7, 11) is 0. The average Bonchev–Trinajstić information content (AvgIpc) is 2.42. The highest BCUT2D eigenvalue weighted by molar-refractivity contribution is 5.24. The Morgan fingerprint density at radius 2 is 2.06 bits per heavy atom. The van der Waals surface area contributed by atoms with Gasteiger partial charge in [-0.15, -0.1) is 0 Å². The first-order chi connectivity index (χ1) is 8.77. The van der Waals surface area contributed by atoms with Crippen molar-refractivity contribution in [2.75, 3.05) is 6.61 Å². The minimum atomic E-state index is -0.488. The SMILES string of the molecule is CC.Cc1ccccc1COC1OCCCC1O. The summed E-state index contributed by atoms with van der Waals surface area (Å²) in [5, 5.41) is 9.67. The molecule has 2 atom stereocenters. The minimum Gasteiger partial charge on any atom is -0.388 e. The monoisotopic (exact) mass is 252 g/mol. The smallest absolute Gasteiger partial charge is 0.183 e. The number of hydrogen-bond acceptors (Lipinski definition) is 3. The summed E-state index contributed by atoms with van der Waals surface area (Å²) in [4.78, 5) is 0. The molecular formula is C15H24O3. The number of aryl methyl sites for hydroxylation is 1. The van der Waals surface area contributed by atoms with Crippen molar-refractivity contribution in [1.29, 1.82) is 0 Å². The van der Waals surface area contributed by atoms with Crippen LogP contribution >= 0.6 is 0 Å². The van der Waals surface area contributed by atoms with Crippen molar-refractivity contribution in [3.8, 4) is 0 Å². The van der Waals surface area contributed by atoms with Gasteiger partial charge in [0.15, 0.2) is 6.29 Å². The second-order valence-corrected chi connectivity index (χ2v) is 4.19. The third-order valence-electron chi connectivity index (χ3n) is 2.90. The maximum absolute atomic E-state index is 9.67. The molecule has 3 heteroatoms. The summed E-state index contributed by atoms with van der Waals surface area (Å²) in [6.07, 6.45) is 0.718. The van der Waals surface area contributed by atoms with Gasteiger partial charge in [0, 0.05) is 6.61 Å². The molecule has 1 fully saturated rings. The maximum Gasteiger partial charge on any atom is 0.183 e. The van der Waals surface area contributed by atoms with Gasteiger partial charge in [-0.2, -0.15) is 0 Å². The highest BCUT2D eigenvalue weighted by Crippen LogP contribution is 2.17. The number of rotatable bonds is 3. The van der Waals surface area contributed by atoms with Gasteiger partial charge < -0.3 is 14.6 Å². The Morgan fingerprint density at radius 3 is 2.72 bits per heavy atom. The molecule has 3 nitrogen and oxygen atoms in total. The van der Waals surface area contributed by atoms with Gasteiger partial charge >= 0.3 is 0 Å². The molecule has 0 amide bonds. The van der Waals surface area contributed by atoms with Crippen LogP contribution in [0.5, 0.6) is 0 Å². The Balaban J connectivity index is 0.000000771. The van der Waals surface area contributed by atoms with Crippen LogP contribution < -0.4 is 0 Å². The molecule has 1 aromatic carbocycles. The molecule has 18 heavy (non-hydrogen) atoms. The van der Waals surface area contributed by atoms with Crippen molar-refractivity contribution in [1.82, 2.24) is 0 Å². The molecule has 1 heterocycles. The molecule has 0 radical (unpaired) electrons. The standard InChI is InChI=1S/C13H18O3.C2H6/c1-10-5-2-3-6-11(10)9-16-13-12(14)7-4-8-15-13;1-2/h2-3,5-6,12-14H,4,7-9H2,1H3;1-2H3. The van der Waals surface area contributed by atoms with E-state index in [2.05, 4.69) is 13.0 Å². The zero-order valence-electron chi connectivity index (χ0n) is 11.6. The lowest BCUT2D eigenvalue weighted by molar-refractivity contribution is -0.219. The Bertz CT molecular complexity index is 338. The van der Waals surface area contributed by atoms with Gasteiger partial charge in [-0.1, -0.05) is 38.1 Å². The summed E-state index contributed by atoms with van der Waals surface area (Å²) < 4.78 is 11.0. The van der Waals surface area contributed by atoms with Crippen LogP contribution in [0.15, 0.2) is 24.3 Å². The van der Waals surface area contributed by atoms with E-state index in [-0.39, 0.29) is 0 Å². The van der Waals surface area contributed by atoms with Gasteiger partial charge in [0.2, 0.25) is 0 Å². The van der Waals surface area contributed by atoms with Crippen LogP contribution in [0.3, 0.4) is 0 Å². The average molecular weight is 252 g/mol. The van der Waals surface area contributed by atoms with Crippen LogP contribution in [0, 0.1) is 6.92 Å². The van der Waals surface area contributed by atoms with Crippen LogP contribution in [0.1, 0.15) is 37.8 Å². The second-order valence-electron chi connectivity index (χ2n) is 4.19. The first-order valence-corrected chi connectivity index (χ1v) is 6.73. The summed E-state index contributed by atoms with van der Waals surface area (Å²) in [6, 6.07) is 8.08. The van der Waals surface area contributed by atoms with Gasteiger partial charge in [0.05, 0.1) is 6.61 Å². The van der Waals surface area contributed by atoms with E-state index < -0.39 is 12.4 Å². The largest absolute Gasteiger partial charge is 0.388 e. The summed E-state index contributed by atoms with van der Waals surface area (Å²) in [5.74, 6) is 0. The van der Waals surface area contributed by atoms with Crippen LogP contribution in [0.25, 0.3) is 0 Å². The van der Waals surface area contributed by atoms with Crippen LogP contribution in [-0.2, 0) is 16.1 Å². The van der Waals surface area contributed by atoms with Crippen molar-refractivity contribution < 1.29 is 14.6 Å². The fourth-order valence-electron chi connectivity index (χ4n) is 1.84. The van der Waals surface area contributed by atoms with Crippen molar-refractivity contribution >= 4 is 0 Å². The summed E-state index contributed by atoms with van der Waals surface area (Å²) in [6.45, 7) is 7.22. The summed E-state index contributed by atoms with van der Waals surface area (Å²) >= 11 is 0. The zero-order chi connectivity index (χ0) is 13.4. The number of aliphatic hydroxyl groups excluding tert-OH is 1. The van der Waals surface area contributed by atoms with E-state index in [1.165, 1.54) is 5.56 Å². The Hall–Kier alpha value is -0.900. The van der Waals surface area contributed by atoms with Crippen molar-refractivity contribution in [2.45, 2.75) is 52.6 Å². The van der Waals surface area contributed by atoms with E-state index in [4.69, 9.17) is 9.47 Å². The third-order valence-corrected chi connectivity index (χ3v) is 2.90. The molecule has 0 aromatic heterocycles. The number of ether oxygens (including phenoxy) is 2. The maximum atomic E-state index is 9.67. The molecular weight excluding hydrogens is 228 g/mol. The molecule has 0 bridgehead atoms. The number of aliphatic hydroxyl groups is 1. The molecule has 2 rings (SSSR count). The number of hydrogen-bond donors (Lipinski definition) is 1.